The minimum atomic E-state index is -0.348. The second kappa shape index (κ2) is 6.91. The number of hydrogen-bond acceptors (Lipinski definition) is 3. The fourth-order valence-electron chi connectivity index (χ4n) is 2.15. The number of para-hydroxylation sites is 1. The molecule has 1 amide bonds. The Morgan fingerprint density at radius 1 is 0.958 bits per heavy atom. The van der Waals surface area contributed by atoms with Crippen LogP contribution in [0.25, 0.3) is 0 Å². The van der Waals surface area contributed by atoms with E-state index >= 15 is 0 Å². The Kier molecular flexibility index (Phi) is 4.52. The molecule has 0 saturated heterocycles. The van der Waals surface area contributed by atoms with Gasteiger partial charge in [0.1, 0.15) is 11.5 Å². The van der Waals surface area contributed by atoms with Crippen molar-refractivity contribution in [1.29, 1.82) is 0 Å². The molecule has 120 valence electrons. The Hall–Kier alpha value is -3.21. The van der Waals surface area contributed by atoms with Crippen molar-refractivity contribution in [2.24, 2.45) is 0 Å². The lowest BCUT2D eigenvalue weighted by Crippen LogP contribution is -2.13. The highest BCUT2D eigenvalue weighted by atomic mass is 19.1. The van der Waals surface area contributed by atoms with Gasteiger partial charge in [-0.05, 0) is 43.3 Å². The van der Waals surface area contributed by atoms with E-state index in [0.717, 1.165) is 5.56 Å². The van der Waals surface area contributed by atoms with Crippen LogP contribution in [0.3, 0.4) is 0 Å². The Balaban J connectivity index is 1.68. The van der Waals surface area contributed by atoms with Crippen molar-refractivity contribution < 1.29 is 9.18 Å². The summed E-state index contributed by atoms with van der Waals surface area (Å²) in [5.74, 6) is -0.644. The highest BCUT2D eigenvalue weighted by Gasteiger charge is 2.08. The zero-order valence-electron chi connectivity index (χ0n) is 13.1. The van der Waals surface area contributed by atoms with Gasteiger partial charge in [-0.25, -0.2) is 9.37 Å². The highest BCUT2D eigenvalue weighted by molar-refractivity contribution is 6.02. The van der Waals surface area contributed by atoms with Crippen LogP contribution in [0.4, 0.5) is 21.5 Å². The fourth-order valence-corrected chi connectivity index (χ4v) is 2.15. The summed E-state index contributed by atoms with van der Waals surface area (Å²) in [5, 5.41) is 5.71. The van der Waals surface area contributed by atoms with Crippen LogP contribution in [0.5, 0.6) is 0 Å². The molecule has 1 heterocycles. The maximum Gasteiger partial charge on any atom is 0.274 e. The lowest BCUT2D eigenvalue weighted by Gasteiger charge is -2.08. The number of pyridine rings is 1. The van der Waals surface area contributed by atoms with Gasteiger partial charge < -0.3 is 10.6 Å². The Labute approximate surface area is 139 Å². The van der Waals surface area contributed by atoms with Gasteiger partial charge in [-0.3, -0.25) is 4.79 Å². The predicted octanol–water partition coefficient (Wildman–Crippen LogP) is 4.53. The van der Waals surface area contributed by atoms with Crippen LogP contribution in [-0.2, 0) is 0 Å². The van der Waals surface area contributed by atoms with Crippen molar-refractivity contribution in [2.45, 2.75) is 6.92 Å². The number of carbonyl (C=O) groups is 1. The zero-order chi connectivity index (χ0) is 16.9. The minimum absolute atomic E-state index is 0.287. The van der Waals surface area contributed by atoms with Crippen LogP contribution in [0.15, 0.2) is 66.9 Å². The summed E-state index contributed by atoms with van der Waals surface area (Å²) in [7, 11) is 0. The van der Waals surface area contributed by atoms with Crippen molar-refractivity contribution in [3.63, 3.8) is 0 Å². The van der Waals surface area contributed by atoms with Gasteiger partial charge in [-0.2, -0.15) is 0 Å². The molecule has 1 aromatic heterocycles. The van der Waals surface area contributed by atoms with Crippen LogP contribution in [0.1, 0.15) is 16.1 Å². The molecule has 0 saturated carbocycles. The molecule has 3 aromatic rings. The summed E-state index contributed by atoms with van der Waals surface area (Å²) in [6, 6.07) is 17.2. The molecule has 5 heteroatoms. The minimum Gasteiger partial charge on any atom is -0.352 e. The van der Waals surface area contributed by atoms with E-state index in [1.165, 1.54) is 12.3 Å². The molecule has 0 aliphatic carbocycles. The normalized spacial score (nSPS) is 10.2. The molecule has 2 N–H and O–H groups in total. The van der Waals surface area contributed by atoms with E-state index < -0.39 is 0 Å². The molecule has 0 aliphatic rings. The lowest BCUT2D eigenvalue weighted by atomic mass is 10.2. The van der Waals surface area contributed by atoms with Gasteiger partial charge >= 0.3 is 0 Å². The van der Waals surface area contributed by atoms with E-state index in [9.17, 15) is 9.18 Å². The van der Waals surface area contributed by atoms with Gasteiger partial charge in [-0.15, -0.1) is 0 Å². The summed E-state index contributed by atoms with van der Waals surface area (Å²) in [6.45, 7) is 1.98. The standard InChI is InChI=1S/C19H16FN3O/c1-13-6-8-14(9-7-13)23-19(24)18-11-10-15(12-21-18)22-17-5-3-2-4-16(17)20/h2-12,22H,1H3,(H,23,24). The van der Waals surface area contributed by atoms with Gasteiger partial charge in [-0.1, -0.05) is 29.8 Å². The maximum atomic E-state index is 13.6. The van der Waals surface area contributed by atoms with Gasteiger partial charge in [0, 0.05) is 5.69 Å². The number of anilines is 3. The predicted molar refractivity (Wildman–Crippen MR) is 93.1 cm³/mol. The van der Waals surface area contributed by atoms with Crippen molar-refractivity contribution >= 4 is 23.0 Å². The first-order valence-electron chi connectivity index (χ1n) is 7.47. The van der Waals surface area contributed by atoms with E-state index in [4.69, 9.17) is 0 Å². The fraction of sp³-hybridized carbons (Fsp3) is 0.0526. The first-order valence-corrected chi connectivity index (χ1v) is 7.47. The third-order valence-corrected chi connectivity index (χ3v) is 3.46. The summed E-state index contributed by atoms with van der Waals surface area (Å²) in [6.07, 6.45) is 1.50. The third kappa shape index (κ3) is 3.76. The molecule has 2 aromatic carbocycles. The molecule has 3 rings (SSSR count). The van der Waals surface area contributed by atoms with Crippen molar-refractivity contribution in [2.75, 3.05) is 10.6 Å². The highest BCUT2D eigenvalue weighted by Crippen LogP contribution is 2.19. The average Bonchev–Trinajstić information content (AvgIpc) is 2.59. The molecule has 0 aliphatic heterocycles. The van der Waals surface area contributed by atoms with Crippen LogP contribution in [0.2, 0.25) is 0 Å². The Morgan fingerprint density at radius 3 is 2.33 bits per heavy atom. The smallest absolute Gasteiger partial charge is 0.274 e. The number of halogens is 1. The summed E-state index contributed by atoms with van der Waals surface area (Å²) in [4.78, 5) is 16.3. The quantitative estimate of drug-likeness (QED) is 0.742. The number of aryl methyl sites for hydroxylation is 1. The number of rotatable bonds is 4. The van der Waals surface area contributed by atoms with Crippen molar-refractivity contribution in [1.82, 2.24) is 4.98 Å². The lowest BCUT2D eigenvalue weighted by molar-refractivity contribution is 0.102. The van der Waals surface area contributed by atoms with Gasteiger partial charge in [0.15, 0.2) is 0 Å². The first-order chi connectivity index (χ1) is 11.6. The molecule has 4 nitrogen and oxygen atoms in total. The summed E-state index contributed by atoms with van der Waals surface area (Å²) < 4.78 is 13.6. The first kappa shape index (κ1) is 15.7. The van der Waals surface area contributed by atoms with E-state index in [1.54, 1.807) is 30.3 Å². The number of aromatic nitrogens is 1. The molecule has 0 unspecified atom stereocenters. The number of nitrogens with zero attached hydrogens (tertiary/aromatic N) is 1. The largest absolute Gasteiger partial charge is 0.352 e. The zero-order valence-corrected chi connectivity index (χ0v) is 13.1. The number of amides is 1. The number of hydrogen-bond donors (Lipinski definition) is 2. The molecular formula is C19H16FN3O. The third-order valence-electron chi connectivity index (χ3n) is 3.46. The molecule has 0 fully saturated rings. The molecule has 0 atom stereocenters. The van der Waals surface area contributed by atoms with E-state index in [1.807, 2.05) is 31.2 Å². The molecule has 0 radical (unpaired) electrons. The van der Waals surface area contributed by atoms with Crippen molar-refractivity contribution in [3.8, 4) is 0 Å². The molecule has 24 heavy (non-hydrogen) atoms. The Bertz CT molecular complexity index is 845. The van der Waals surface area contributed by atoms with Crippen LogP contribution < -0.4 is 10.6 Å². The van der Waals surface area contributed by atoms with Crippen LogP contribution in [0, 0.1) is 12.7 Å². The van der Waals surface area contributed by atoms with Gasteiger partial charge in [0.2, 0.25) is 0 Å². The second-order valence-corrected chi connectivity index (χ2v) is 5.36. The monoisotopic (exact) mass is 321 g/mol. The number of carbonyl (C=O) groups excluding carboxylic acids is 1. The average molecular weight is 321 g/mol. The van der Waals surface area contributed by atoms with E-state index in [-0.39, 0.29) is 17.4 Å². The van der Waals surface area contributed by atoms with E-state index in [2.05, 4.69) is 15.6 Å². The van der Waals surface area contributed by atoms with Gasteiger partial charge in [0.05, 0.1) is 17.6 Å². The molecule has 0 spiro atoms. The van der Waals surface area contributed by atoms with Crippen LogP contribution in [-0.4, -0.2) is 10.9 Å². The number of benzene rings is 2. The molecular weight excluding hydrogens is 305 g/mol. The van der Waals surface area contributed by atoms with Crippen molar-refractivity contribution in [3.05, 3.63) is 83.9 Å². The Morgan fingerprint density at radius 2 is 1.67 bits per heavy atom. The van der Waals surface area contributed by atoms with Gasteiger partial charge in [0.25, 0.3) is 5.91 Å². The second-order valence-electron chi connectivity index (χ2n) is 5.36. The van der Waals surface area contributed by atoms with Crippen LogP contribution >= 0.6 is 0 Å². The topological polar surface area (TPSA) is 54.0 Å². The summed E-state index contributed by atoms with van der Waals surface area (Å²) in [5.41, 5.74) is 3.08. The van der Waals surface area contributed by atoms with E-state index in [0.29, 0.717) is 17.1 Å². The SMILES string of the molecule is Cc1ccc(NC(=O)c2ccc(Nc3ccccc3F)cn2)cc1. The summed E-state index contributed by atoms with van der Waals surface area (Å²) >= 11 is 0. The number of nitrogens with one attached hydrogen (secondary N) is 2. The maximum absolute atomic E-state index is 13.6. The molecule has 0 bridgehead atoms.